The van der Waals surface area contributed by atoms with E-state index < -0.39 is 0 Å². The van der Waals surface area contributed by atoms with Crippen LogP contribution in [0.25, 0.3) is 0 Å². The molecule has 4 heteroatoms. The topological polar surface area (TPSA) is 29.3 Å². The van der Waals surface area contributed by atoms with Crippen LogP contribution in [0, 0.1) is 5.92 Å². The number of halogens is 2. The lowest BCUT2D eigenvalue weighted by molar-refractivity contribution is 0.158. The molecular formula is C16H24BrClN2. The van der Waals surface area contributed by atoms with Gasteiger partial charge in [0.1, 0.15) is 0 Å². The lowest BCUT2D eigenvalue weighted by Crippen LogP contribution is -2.36. The van der Waals surface area contributed by atoms with Gasteiger partial charge in [-0.15, -0.1) is 0 Å². The number of benzene rings is 1. The fourth-order valence-corrected chi connectivity index (χ4v) is 3.90. The van der Waals surface area contributed by atoms with Gasteiger partial charge >= 0.3 is 0 Å². The molecule has 2 nitrogen and oxygen atoms in total. The number of hydrogen-bond donors (Lipinski definition) is 1. The normalized spacial score (nSPS) is 24.6. The maximum Gasteiger partial charge on any atom is 0.0454 e. The van der Waals surface area contributed by atoms with Gasteiger partial charge < -0.3 is 5.73 Å². The quantitative estimate of drug-likeness (QED) is 0.850. The van der Waals surface area contributed by atoms with Gasteiger partial charge in [0.25, 0.3) is 0 Å². The molecule has 1 aliphatic rings. The Labute approximate surface area is 135 Å². The zero-order valence-corrected chi connectivity index (χ0v) is 14.5. The molecule has 1 heterocycles. The van der Waals surface area contributed by atoms with Gasteiger partial charge in [0.15, 0.2) is 0 Å². The zero-order valence-electron chi connectivity index (χ0n) is 12.1. The van der Waals surface area contributed by atoms with Crippen molar-refractivity contribution in [2.45, 2.75) is 38.6 Å². The summed E-state index contributed by atoms with van der Waals surface area (Å²) in [6.45, 7) is 5.23. The standard InChI is InChI=1S/C16H24BrClN2/c1-2-8-20-9-4-3-5-12(11-19)16(20)14-10-13(17)6-7-15(14)18/h6-7,10,12,16H,2-5,8-9,11,19H2,1H3. The van der Waals surface area contributed by atoms with Gasteiger partial charge in [-0.3, -0.25) is 4.90 Å². The predicted octanol–water partition coefficient (Wildman–Crippen LogP) is 4.61. The Hall–Kier alpha value is -0.0900. The van der Waals surface area contributed by atoms with Crippen LogP contribution in [0.2, 0.25) is 5.02 Å². The molecule has 2 atom stereocenters. The van der Waals surface area contributed by atoms with Crippen molar-refractivity contribution < 1.29 is 0 Å². The molecule has 0 amide bonds. The number of hydrogen-bond acceptors (Lipinski definition) is 2. The SMILES string of the molecule is CCCN1CCCCC(CN)C1c1cc(Br)ccc1Cl. The van der Waals surface area contributed by atoms with Crippen LogP contribution in [-0.4, -0.2) is 24.5 Å². The fourth-order valence-electron chi connectivity index (χ4n) is 3.29. The Morgan fingerprint density at radius 2 is 2.20 bits per heavy atom. The lowest BCUT2D eigenvalue weighted by Gasteiger charge is -2.35. The molecule has 1 fully saturated rings. The highest BCUT2D eigenvalue weighted by Crippen LogP contribution is 2.39. The van der Waals surface area contributed by atoms with E-state index in [1.165, 1.54) is 31.2 Å². The molecule has 1 aliphatic heterocycles. The first-order chi connectivity index (χ1) is 9.67. The van der Waals surface area contributed by atoms with Crippen LogP contribution in [0.3, 0.4) is 0 Å². The molecule has 0 aliphatic carbocycles. The molecule has 1 aromatic carbocycles. The maximum absolute atomic E-state index is 6.48. The second kappa shape index (κ2) is 7.79. The van der Waals surface area contributed by atoms with Crippen molar-refractivity contribution in [1.82, 2.24) is 4.90 Å². The smallest absolute Gasteiger partial charge is 0.0454 e. The van der Waals surface area contributed by atoms with Crippen molar-refractivity contribution in [1.29, 1.82) is 0 Å². The summed E-state index contributed by atoms with van der Waals surface area (Å²) in [4.78, 5) is 2.58. The van der Waals surface area contributed by atoms with Gasteiger partial charge in [-0.05, 0) is 68.6 Å². The molecule has 2 unspecified atom stereocenters. The van der Waals surface area contributed by atoms with E-state index in [0.29, 0.717) is 12.0 Å². The Bertz CT molecular complexity index is 438. The zero-order chi connectivity index (χ0) is 14.5. The van der Waals surface area contributed by atoms with Gasteiger partial charge in [0, 0.05) is 15.5 Å². The van der Waals surface area contributed by atoms with E-state index in [0.717, 1.165) is 29.1 Å². The fraction of sp³-hybridized carbons (Fsp3) is 0.625. The summed E-state index contributed by atoms with van der Waals surface area (Å²) in [5, 5.41) is 0.861. The second-order valence-corrected chi connectivity index (χ2v) is 6.96. The molecule has 0 radical (unpaired) electrons. The second-order valence-electron chi connectivity index (χ2n) is 5.64. The summed E-state index contributed by atoms with van der Waals surface area (Å²) in [5.41, 5.74) is 7.29. The van der Waals surface area contributed by atoms with Crippen molar-refractivity contribution in [3.63, 3.8) is 0 Å². The first kappa shape index (κ1) is 16.3. The maximum atomic E-state index is 6.48. The molecule has 2 N–H and O–H groups in total. The Morgan fingerprint density at radius 3 is 2.90 bits per heavy atom. The van der Waals surface area contributed by atoms with E-state index in [9.17, 15) is 0 Å². The van der Waals surface area contributed by atoms with Crippen LogP contribution < -0.4 is 5.73 Å². The Balaban J connectivity index is 2.40. The minimum absolute atomic E-state index is 0.354. The van der Waals surface area contributed by atoms with Gasteiger partial charge in [-0.2, -0.15) is 0 Å². The van der Waals surface area contributed by atoms with Crippen LogP contribution >= 0.6 is 27.5 Å². The highest BCUT2D eigenvalue weighted by Gasteiger charge is 2.31. The first-order valence-corrected chi connectivity index (χ1v) is 8.73. The van der Waals surface area contributed by atoms with Crippen molar-refractivity contribution in [2.75, 3.05) is 19.6 Å². The molecule has 0 saturated carbocycles. The molecule has 0 spiro atoms. The molecule has 2 rings (SSSR count). The van der Waals surface area contributed by atoms with E-state index in [2.05, 4.69) is 33.8 Å². The van der Waals surface area contributed by atoms with Crippen LogP contribution in [-0.2, 0) is 0 Å². The van der Waals surface area contributed by atoms with E-state index >= 15 is 0 Å². The minimum atomic E-state index is 0.354. The third-order valence-electron chi connectivity index (χ3n) is 4.20. The monoisotopic (exact) mass is 358 g/mol. The average molecular weight is 360 g/mol. The summed E-state index contributed by atoms with van der Waals surface area (Å²) in [5.74, 6) is 0.496. The van der Waals surface area contributed by atoms with Gasteiger partial charge in [-0.1, -0.05) is 40.9 Å². The summed E-state index contributed by atoms with van der Waals surface area (Å²) in [7, 11) is 0. The van der Waals surface area contributed by atoms with Crippen LogP contribution in [0.4, 0.5) is 0 Å². The molecular weight excluding hydrogens is 336 g/mol. The summed E-state index contributed by atoms with van der Waals surface area (Å²) >= 11 is 10.1. The summed E-state index contributed by atoms with van der Waals surface area (Å²) in [6, 6.07) is 6.52. The summed E-state index contributed by atoms with van der Waals surface area (Å²) < 4.78 is 1.09. The van der Waals surface area contributed by atoms with Crippen LogP contribution in [0.5, 0.6) is 0 Å². The number of rotatable bonds is 4. The molecule has 112 valence electrons. The largest absolute Gasteiger partial charge is 0.330 e. The van der Waals surface area contributed by atoms with Gasteiger partial charge in [0.05, 0.1) is 0 Å². The molecule has 0 aromatic heterocycles. The molecule has 20 heavy (non-hydrogen) atoms. The Kier molecular flexibility index (Phi) is 6.34. The first-order valence-electron chi connectivity index (χ1n) is 7.56. The van der Waals surface area contributed by atoms with Crippen molar-refractivity contribution >= 4 is 27.5 Å². The van der Waals surface area contributed by atoms with E-state index in [1.54, 1.807) is 0 Å². The van der Waals surface area contributed by atoms with Crippen molar-refractivity contribution in [3.8, 4) is 0 Å². The van der Waals surface area contributed by atoms with Crippen molar-refractivity contribution in [2.24, 2.45) is 11.7 Å². The highest BCUT2D eigenvalue weighted by molar-refractivity contribution is 9.10. The van der Waals surface area contributed by atoms with E-state index in [1.807, 2.05) is 12.1 Å². The third kappa shape index (κ3) is 3.76. The van der Waals surface area contributed by atoms with Crippen LogP contribution in [0.1, 0.15) is 44.2 Å². The summed E-state index contributed by atoms with van der Waals surface area (Å²) in [6.07, 6.45) is 4.90. The third-order valence-corrected chi connectivity index (χ3v) is 5.04. The number of nitrogens with two attached hydrogens (primary N) is 1. The number of likely N-dealkylation sites (tertiary alicyclic amines) is 1. The molecule has 1 aromatic rings. The average Bonchev–Trinajstić information content (AvgIpc) is 2.64. The van der Waals surface area contributed by atoms with E-state index in [-0.39, 0.29) is 0 Å². The van der Waals surface area contributed by atoms with Gasteiger partial charge in [0.2, 0.25) is 0 Å². The number of nitrogens with zero attached hydrogens (tertiary/aromatic N) is 1. The molecule has 1 saturated heterocycles. The van der Waals surface area contributed by atoms with E-state index in [4.69, 9.17) is 17.3 Å². The molecule has 0 bridgehead atoms. The predicted molar refractivity (Wildman–Crippen MR) is 90.2 cm³/mol. The highest BCUT2D eigenvalue weighted by atomic mass is 79.9. The Morgan fingerprint density at radius 1 is 1.40 bits per heavy atom. The minimum Gasteiger partial charge on any atom is -0.330 e. The van der Waals surface area contributed by atoms with Gasteiger partial charge in [-0.25, -0.2) is 0 Å². The van der Waals surface area contributed by atoms with Crippen LogP contribution in [0.15, 0.2) is 22.7 Å². The van der Waals surface area contributed by atoms with Crippen molar-refractivity contribution in [3.05, 3.63) is 33.3 Å². The lowest BCUT2D eigenvalue weighted by atomic mass is 9.89.